The van der Waals surface area contributed by atoms with Crippen molar-refractivity contribution in [3.63, 3.8) is 0 Å². The summed E-state index contributed by atoms with van der Waals surface area (Å²) in [5.41, 5.74) is 2.22. The predicted molar refractivity (Wildman–Crippen MR) is 405 cm³/mol. The number of alkyl halides is 2. The van der Waals surface area contributed by atoms with Crippen molar-refractivity contribution in [3.05, 3.63) is 135 Å². The van der Waals surface area contributed by atoms with Crippen LogP contribution in [0.2, 0.25) is 0 Å². The Kier molecular flexibility index (Phi) is 33.6. The van der Waals surface area contributed by atoms with Crippen LogP contribution >= 0.6 is 209 Å². The molecule has 2 heterocycles. The molecule has 15 atom stereocenters. The molecule has 1 fully saturated rings. The van der Waals surface area contributed by atoms with Gasteiger partial charge in [0.15, 0.2) is 5.76 Å². The van der Waals surface area contributed by atoms with E-state index in [1.807, 2.05) is 120 Å². The van der Waals surface area contributed by atoms with E-state index in [-0.39, 0.29) is 89.3 Å². The van der Waals surface area contributed by atoms with Gasteiger partial charge in [-0.05, 0) is 183 Å². The zero-order valence-corrected chi connectivity index (χ0v) is 69.2. The van der Waals surface area contributed by atoms with Crippen molar-refractivity contribution < 1.29 is 37.2 Å². The maximum atomic E-state index is 13.7. The van der Waals surface area contributed by atoms with E-state index in [1.54, 1.807) is 18.7 Å². The van der Waals surface area contributed by atoms with Gasteiger partial charge in [-0.1, -0.05) is 88.7 Å². The molecule has 35 heteroatoms. The van der Waals surface area contributed by atoms with E-state index in [2.05, 4.69) is 132 Å². The quantitative estimate of drug-likeness (QED) is 0.0655. The number of aryl methyl sites for hydroxylation is 1. The highest BCUT2D eigenvalue weighted by atomic mass is 79.9. The molecule has 1 aliphatic heterocycles. The van der Waals surface area contributed by atoms with Gasteiger partial charge in [-0.25, -0.2) is 8.78 Å². The third-order valence-electron chi connectivity index (χ3n) is 11.8. The zero-order chi connectivity index (χ0) is 57.4. The van der Waals surface area contributed by atoms with Crippen LogP contribution in [0.4, 0.5) is 8.78 Å². The minimum atomic E-state index is -2.69. The largest absolute Gasteiger partial charge is 0.494 e. The van der Waals surface area contributed by atoms with Crippen molar-refractivity contribution in [1.82, 2.24) is 4.90 Å². The first-order chi connectivity index (χ1) is 35.2. The number of hydrogen-bond donors (Lipinski definition) is 1. The molecule has 5 aromatic rings. The van der Waals surface area contributed by atoms with Gasteiger partial charge in [0.05, 0.1) is 28.7 Å². The molecule has 76 heavy (non-hydrogen) atoms. The van der Waals surface area contributed by atoms with Gasteiger partial charge in [0, 0.05) is 11.0 Å². The molecule has 1 N–H and O–H groups in total. The molecule has 6 rings (SSSR count). The van der Waals surface area contributed by atoms with Gasteiger partial charge < -0.3 is 23.7 Å². The number of carboxylic acids is 1. The topological polar surface area (TPSA) is 89.2 Å². The van der Waals surface area contributed by atoms with Crippen molar-refractivity contribution in [2.24, 2.45) is 0 Å². The lowest BCUT2D eigenvalue weighted by Crippen LogP contribution is -2.41. The van der Waals surface area contributed by atoms with Crippen LogP contribution in [0, 0.1) is 6.92 Å². The van der Waals surface area contributed by atoms with Gasteiger partial charge in [-0.3, -0.25) is 9.59 Å². The van der Waals surface area contributed by atoms with Crippen molar-refractivity contribution >= 4 is 244 Å². The molecule has 418 valence electrons. The van der Waals surface area contributed by atoms with Crippen LogP contribution in [-0.4, -0.2) is 40.2 Å². The van der Waals surface area contributed by atoms with E-state index in [0.717, 1.165) is 37.4 Å². The van der Waals surface area contributed by atoms with Gasteiger partial charge in [0.25, 0.3) is 12.3 Å². The number of amides is 1. The highest BCUT2D eigenvalue weighted by Gasteiger charge is 2.52. The number of carbonyl (C=O) groups is 2. The van der Waals surface area contributed by atoms with Gasteiger partial charge in [0.1, 0.15) is 5.76 Å². The summed E-state index contributed by atoms with van der Waals surface area (Å²) in [4.78, 5) is 26.8. The summed E-state index contributed by atoms with van der Waals surface area (Å²) in [6.45, 7) is 14.1. The Balaban J connectivity index is 0.000000252. The maximum absolute atomic E-state index is 13.7. The normalized spacial score (nSPS) is 15.4. The van der Waals surface area contributed by atoms with E-state index >= 15 is 0 Å². The molecule has 1 saturated heterocycles. The van der Waals surface area contributed by atoms with Crippen LogP contribution in [0.5, 0.6) is 0 Å². The van der Waals surface area contributed by atoms with Crippen LogP contribution in [-0.2, 0) is 32.6 Å². The first kappa shape index (κ1) is 74.5. The molecule has 15 unspecified atom stereocenters. The number of furan rings is 1. The second-order valence-corrected chi connectivity index (χ2v) is 115. The average Bonchev–Trinajstić information content (AvgIpc) is 3.89. The number of nitrogens with zero attached hydrogens (tertiary/aromatic N) is 1. The monoisotopic (exact) mass is 1540 g/mol. The van der Waals surface area contributed by atoms with E-state index in [0.29, 0.717) is 17.9 Å². The van der Waals surface area contributed by atoms with Gasteiger partial charge in [0.2, 0.25) is 0 Å². The summed E-state index contributed by atoms with van der Waals surface area (Å²) in [5, 5.41) is 11.2. The van der Waals surface area contributed by atoms with Crippen molar-refractivity contribution in [2.45, 2.75) is 84.6 Å². The minimum Gasteiger partial charge on any atom is -0.481 e. The fraction of sp³-hybridized carbons (Fsp3) is 0.317. The second kappa shape index (κ2) is 34.3. The summed E-state index contributed by atoms with van der Waals surface area (Å²) < 4.78 is 44.2. The summed E-state index contributed by atoms with van der Waals surface area (Å²) in [7, 11) is 41.3. The number of aliphatic carboxylic acids is 1. The van der Waals surface area contributed by atoms with Crippen molar-refractivity contribution in [3.8, 4) is 0 Å². The molecule has 0 spiro atoms. The molecule has 1 amide bonds. The molecule has 0 radical (unpaired) electrons. The first-order valence-corrected chi connectivity index (χ1v) is 66.0. The number of fused-ring (bicyclic) bond motifs is 1. The highest BCUT2D eigenvalue weighted by Crippen LogP contribution is 3.34. The van der Waals surface area contributed by atoms with Crippen LogP contribution in [0.15, 0.2) is 106 Å². The Labute approximate surface area is 501 Å². The molecule has 0 saturated carbocycles. The zero-order valence-electron chi connectivity index (χ0n) is 42.8. The first-order valence-electron chi connectivity index (χ1n) is 22.3. The van der Waals surface area contributed by atoms with Gasteiger partial charge >= 0.3 is 13.1 Å². The number of carboxylic acid groups (broad SMARTS) is 1. The number of carbonyl (C=O) groups excluding carboxylic acids is 1. The van der Waals surface area contributed by atoms with Crippen molar-refractivity contribution in [1.29, 1.82) is 0 Å². The Morgan fingerprint density at radius 2 is 1.20 bits per heavy atom. The van der Waals surface area contributed by atoms with Gasteiger partial charge in [-0.2, -0.15) is 0 Å². The Morgan fingerprint density at radius 1 is 0.671 bits per heavy atom. The smallest absolute Gasteiger partial charge is 0.481 e. The summed E-state index contributed by atoms with van der Waals surface area (Å²) in [6.07, 6.45) is -2.69. The van der Waals surface area contributed by atoms with Crippen LogP contribution < -0.4 is 5.46 Å². The number of halogens is 3. The molecule has 4 aromatic carbocycles. The fourth-order valence-electron chi connectivity index (χ4n) is 6.99. The molecule has 0 bridgehead atoms. The molecule has 1 aliphatic rings. The molecular weight excluding hydrogens is 1470 g/mol. The SMILES string of the molecule is CC(C)(C(=O)O)c1cccc(B2OC(C)(C)C(C)(C)O2)c1.Cc1ccc2ccccc2c1C(=O)N(Cc1ccc(Br)cc1)Cc1ccc(C(F)F)o1.PP(P)P(P)P(P(P)P)P(P(P(P)P)P(P)P)P(P(P)P)P(P)P. The standard InChI is InChI=1S/C25H20BrF2NO2.C16H23BO4.H26P24/c1-16-6-9-18-4-2-3-5-21(18)23(16)25(30)29(14-17-7-10-19(26)11-8-17)15-20-12-13-22(31-20)24(27)28;1-14(2,13(18)19)11-8-7-9-12(10-11)17-20-15(3,4)16(5,6)21-17;1-14(2)20(13)23(19(11)12)24(21(15(3)4)16(5)6)22(17(7)8)18(9)10/h2-13,24H,14-15H2,1H3;7-10H,1-6H3,(H,18,19);1-13H2. The fourth-order valence-corrected chi connectivity index (χ4v) is 296. The predicted octanol–water partition coefficient (Wildman–Crippen LogP) is 23.3. The molecule has 0 aliphatic carbocycles. The number of hydrogen-bond acceptors (Lipinski definition) is 5. The van der Waals surface area contributed by atoms with Crippen molar-refractivity contribution in [2.75, 3.05) is 0 Å². The maximum Gasteiger partial charge on any atom is 0.494 e. The number of benzene rings is 4. The van der Waals surface area contributed by atoms with Gasteiger partial charge in [-0.15, -0.1) is 116 Å². The molecule has 7 nitrogen and oxygen atoms in total. The minimum absolute atomic E-state index is 0.00181. The molecular formula is C41H69BBrF2NO6P24. The average molecular weight is 1540 g/mol. The van der Waals surface area contributed by atoms with E-state index in [9.17, 15) is 23.5 Å². The van der Waals surface area contributed by atoms with E-state index in [1.165, 1.54) is 12.1 Å². The van der Waals surface area contributed by atoms with E-state index < -0.39 is 41.9 Å². The summed E-state index contributed by atoms with van der Waals surface area (Å²) in [5.74, 6) is -1.10. The molecule has 1 aromatic heterocycles. The summed E-state index contributed by atoms with van der Waals surface area (Å²) >= 11 is 3.42. The Hall–Kier alpha value is 6.00. The second-order valence-electron chi connectivity index (χ2n) is 18.2. The third-order valence-corrected chi connectivity index (χ3v) is 167. The highest BCUT2D eigenvalue weighted by molar-refractivity contribution is 9.40. The van der Waals surface area contributed by atoms with Crippen LogP contribution in [0.3, 0.4) is 0 Å². The van der Waals surface area contributed by atoms with Crippen LogP contribution in [0.1, 0.15) is 86.5 Å². The Morgan fingerprint density at radius 3 is 1.67 bits per heavy atom. The lowest BCUT2D eigenvalue weighted by atomic mass is 9.75. The number of rotatable bonds is 19. The Bertz CT molecular complexity index is 2650. The third kappa shape index (κ3) is 21.1. The lowest BCUT2D eigenvalue weighted by Gasteiger charge is -2.48. The lowest BCUT2D eigenvalue weighted by molar-refractivity contribution is -0.142. The van der Waals surface area contributed by atoms with E-state index in [4.69, 9.17) is 13.7 Å². The summed E-state index contributed by atoms with van der Waals surface area (Å²) in [6, 6.07) is 29.5. The van der Waals surface area contributed by atoms with Crippen LogP contribution in [0.25, 0.3) is 10.8 Å².